The van der Waals surface area contributed by atoms with Gasteiger partial charge in [-0.15, -0.1) is 0 Å². The van der Waals surface area contributed by atoms with Crippen LogP contribution in [0.15, 0.2) is 24.3 Å². The molecule has 0 spiro atoms. The van der Waals surface area contributed by atoms with Crippen LogP contribution < -0.4 is 0 Å². The Bertz CT molecular complexity index is 270. The zero-order valence-electron chi connectivity index (χ0n) is 16.1. The Kier molecular flexibility index (Phi) is 16.2. The molecular formula is C20H40O2Si. The highest BCUT2D eigenvalue weighted by atomic mass is 28.4. The second-order valence-electron chi connectivity index (χ2n) is 6.61. The maximum Gasteiger partial charge on any atom is 0.331 e. The largest absolute Gasteiger partial charge is 0.394 e. The lowest BCUT2D eigenvalue weighted by Crippen LogP contribution is -2.35. The number of rotatable bonds is 16. The molecule has 0 saturated carbocycles. The molecular weight excluding hydrogens is 300 g/mol. The molecule has 0 radical (unpaired) electrons. The summed E-state index contributed by atoms with van der Waals surface area (Å²) in [6.45, 7) is 10.3. The molecule has 0 rings (SSSR count). The van der Waals surface area contributed by atoms with Crippen molar-refractivity contribution in [1.82, 2.24) is 0 Å². The summed E-state index contributed by atoms with van der Waals surface area (Å²) in [5.41, 5.74) is 0. The first-order chi connectivity index (χ1) is 11.1. The third-order valence-corrected chi connectivity index (χ3v) is 5.55. The molecule has 0 saturated heterocycles. The fourth-order valence-corrected chi connectivity index (χ4v) is 3.59. The van der Waals surface area contributed by atoms with Gasteiger partial charge in [0, 0.05) is 13.2 Å². The molecule has 0 fully saturated rings. The monoisotopic (exact) mass is 340 g/mol. The summed E-state index contributed by atoms with van der Waals surface area (Å²) < 4.78 is 11.9. The molecule has 0 unspecified atom stereocenters. The number of hydrogen-bond acceptors (Lipinski definition) is 2. The van der Waals surface area contributed by atoms with Crippen LogP contribution >= 0.6 is 0 Å². The Morgan fingerprint density at radius 1 is 0.609 bits per heavy atom. The Morgan fingerprint density at radius 2 is 1.00 bits per heavy atom. The SMILES string of the molecule is CCCCC/C=C\CCO[Si](C)(C)OCC/C=C\CCCCC. The molecule has 2 nitrogen and oxygen atoms in total. The molecule has 0 aliphatic rings. The van der Waals surface area contributed by atoms with E-state index in [4.69, 9.17) is 8.85 Å². The van der Waals surface area contributed by atoms with Gasteiger partial charge in [0.25, 0.3) is 0 Å². The first-order valence-electron chi connectivity index (χ1n) is 9.70. The van der Waals surface area contributed by atoms with Gasteiger partial charge in [-0.2, -0.15) is 0 Å². The Morgan fingerprint density at radius 3 is 1.39 bits per heavy atom. The highest BCUT2D eigenvalue weighted by molar-refractivity contribution is 6.64. The van der Waals surface area contributed by atoms with E-state index >= 15 is 0 Å². The topological polar surface area (TPSA) is 18.5 Å². The van der Waals surface area contributed by atoms with E-state index in [1.807, 2.05) is 0 Å². The molecule has 136 valence electrons. The molecule has 0 aromatic rings. The van der Waals surface area contributed by atoms with Gasteiger partial charge in [0.1, 0.15) is 0 Å². The lowest BCUT2D eigenvalue weighted by molar-refractivity contribution is 0.184. The van der Waals surface area contributed by atoms with Crippen LogP contribution in [0.25, 0.3) is 0 Å². The van der Waals surface area contributed by atoms with Crippen LogP contribution in [0.1, 0.15) is 78.1 Å². The van der Waals surface area contributed by atoms with E-state index in [0.29, 0.717) is 0 Å². The van der Waals surface area contributed by atoms with Crippen molar-refractivity contribution in [2.24, 2.45) is 0 Å². The average Bonchev–Trinajstić information content (AvgIpc) is 2.52. The van der Waals surface area contributed by atoms with Crippen molar-refractivity contribution in [3.63, 3.8) is 0 Å². The van der Waals surface area contributed by atoms with Crippen LogP contribution in [-0.2, 0) is 8.85 Å². The smallest absolute Gasteiger partial charge is 0.331 e. The molecule has 0 aromatic carbocycles. The van der Waals surface area contributed by atoms with E-state index in [1.54, 1.807) is 0 Å². The van der Waals surface area contributed by atoms with E-state index in [9.17, 15) is 0 Å². The van der Waals surface area contributed by atoms with Gasteiger partial charge in [0.05, 0.1) is 0 Å². The number of hydrogen-bond donors (Lipinski definition) is 0. The second kappa shape index (κ2) is 16.5. The van der Waals surface area contributed by atoms with Gasteiger partial charge in [0.2, 0.25) is 0 Å². The van der Waals surface area contributed by atoms with Gasteiger partial charge in [-0.25, -0.2) is 0 Å². The molecule has 23 heavy (non-hydrogen) atoms. The number of allylic oxidation sites excluding steroid dienone is 2. The molecule has 0 aromatic heterocycles. The minimum Gasteiger partial charge on any atom is -0.394 e. The van der Waals surface area contributed by atoms with Gasteiger partial charge in [0.15, 0.2) is 0 Å². The Hall–Kier alpha value is -0.383. The predicted molar refractivity (Wildman–Crippen MR) is 105 cm³/mol. The first kappa shape index (κ1) is 22.6. The van der Waals surface area contributed by atoms with Crippen LogP contribution in [0, 0.1) is 0 Å². The summed E-state index contributed by atoms with van der Waals surface area (Å²) in [5.74, 6) is 0. The van der Waals surface area contributed by atoms with Crippen molar-refractivity contribution < 1.29 is 8.85 Å². The predicted octanol–water partition coefficient (Wildman–Crippen LogP) is 6.77. The number of unbranched alkanes of at least 4 members (excludes halogenated alkanes) is 6. The molecule has 0 N–H and O–H groups in total. The molecule has 0 aliphatic heterocycles. The highest BCUT2D eigenvalue weighted by Gasteiger charge is 2.23. The van der Waals surface area contributed by atoms with Crippen molar-refractivity contribution in [3.05, 3.63) is 24.3 Å². The van der Waals surface area contributed by atoms with Crippen LogP contribution in [0.4, 0.5) is 0 Å². The quantitative estimate of drug-likeness (QED) is 0.175. The summed E-state index contributed by atoms with van der Waals surface area (Å²) in [6.07, 6.45) is 21.4. The van der Waals surface area contributed by atoms with E-state index in [1.165, 1.54) is 51.4 Å². The van der Waals surface area contributed by atoms with E-state index in [0.717, 1.165) is 26.1 Å². The zero-order valence-corrected chi connectivity index (χ0v) is 17.1. The third-order valence-electron chi connectivity index (χ3n) is 3.75. The maximum atomic E-state index is 5.96. The summed E-state index contributed by atoms with van der Waals surface area (Å²) in [5, 5.41) is 0. The average molecular weight is 341 g/mol. The van der Waals surface area contributed by atoms with Crippen LogP contribution in [0.5, 0.6) is 0 Å². The van der Waals surface area contributed by atoms with E-state index in [-0.39, 0.29) is 0 Å². The lowest BCUT2D eigenvalue weighted by Gasteiger charge is -2.22. The van der Waals surface area contributed by atoms with Crippen molar-refractivity contribution in [2.45, 2.75) is 91.1 Å². The lowest BCUT2D eigenvalue weighted by atomic mass is 10.2. The second-order valence-corrected chi connectivity index (χ2v) is 9.99. The minimum absolute atomic E-state index is 0.788. The maximum absolute atomic E-state index is 5.96. The summed E-state index contributed by atoms with van der Waals surface area (Å²) in [6, 6.07) is 0. The molecule has 3 heteroatoms. The molecule has 0 aliphatic carbocycles. The van der Waals surface area contributed by atoms with Gasteiger partial charge in [-0.05, 0) is 51.6 Å². The van der Waals surface area contributed by atoms with Crippen LogP contribution in [0.2, 0.25) is 13.1 Å². The molecule has 0 bridgehead atoms. The molecule has 0 atom stereocenters. The van der Waals surface area contributed by atoms with Crippen LogP contribution in [-0.4, -0.2) is 21.8 Å². The van der Waals surface area contributed by atoms with Gasteiger partial charge >= 0.3 is 8.56 Å². The third kappa shape index (κ3) is 17.8. The van der Waals surface area contributed by atoms with Gasteiger partial charge < -0.3 is 8.85 Å². The summed E-state index contributed by atoms with van der Waals surface area (Å²) >= 11 is 0. The zero-order chi connectivity index (χ0) is 17.2. The van der Waals surface area contributed by atoms with Gasteiger partial charge in [-0.1, -0.05) is 63.8 Å². The summed E-state index contributed by atoms with van der Waals surface area (Å²) in [4.78, 5) is 0. The molecule has 0 amide bonds. The Balaban J connectivity index is 3.53. The highest BCUT2D eigenvalue weighted by Crippen LogP contribution is 2.09. The minimum atomic E-state index is -1.93. The van der Waals surface area contributed by atoms with E-state index in [2.05, 4.69) is 51.2 Å². The first-order valence-corrected chi connectivity index (χ1v) is 12.5. The van der Waals surface area contributed by atoms with Crippen molar-refractivity contribution in [3.8, 4) is 0 Å². The van der Waals surface area contributed by atoms with Crippen molar-refractivity contribution >= 4 is 8.56 Å². The fourth-order valence-electron chi connectivity index (χ4n) is 2.28. The summed E-state index contributed by atoms with van der Waals surface area (Å²) in [7, 11) is -1.93. The normalized spacial score (nSPS) is 12.7. The van der Waals surface area contributed by atoms with Gasteiger partial charge in [-0.3, -0.25) is 0 Å². The molecule has 0 heterocycles. The fraction of sp³-hybridized carbons (Fsp3) is 0.800. The standard InChI is InChI=1S/C20H40O2Si/c1-5-7-9-11-13-15-17-19-21-23(3,4)22-20-18-16-14-12-10-8-6-2/h13-16H,5-12,17-20H2,1-4H3/b15-13-,16-14-. The Labute approximate surface area is 146 Å². The van der Waals surface area contributed by atoms with E-state index < -0.39 is 8.56 Å². The van der Waals surface area contributed by atoms with Crippen LogP contribution in [0.3, 0.4) is 0 Å². The van der Waals surface area contributed by atoms with Crippen molar-refractivity contribution in [2.75, 3.05) is 13.2 Å². The van der Waals surface area contributed by atoms with Crippen molar-refractivity contribution in [1.29, 1.82) is 0 Å².